The molecule has 0 bridgehead atoms. The highest BCUT2D eigenvalue weighted by molar-refractivity contribution is 5.93. The van der Waals surface area contributed by atoms with Gasteiger partial charge in [-0.2, -0.15) is 4.58 Å². The molecule has 0 fully saturated rings. The number of benzene rings is 1. The van der Waals surface area contributed by atoms with Gasteiger partial charge in [-0.3, -0.25) is 0 Å². The molecule has 0 unspecified atom stereocenters. The van der Waals surface area contributed by atoms with Gasteiger partial charge in [-0.25, -0.2) is 0 Å². The zero-order valence-corrected chi connectivity index (χ0v) is 29.7. The molecule has 1 aromatic carbocycles. The van der Waals surface area contributed by atoms with Crippen molar-refractivity contribution >= 4 is 11.4 Å². The number of hydrogen-bond donors (Lipinski definition) is 0. The molecule has 0 saturated heterocycles. The summed E-state index contributed by atoms with van der Waals surface area (Å²) in [6.07, 6.45) is 0. The normalized spacial score (nSPS) is 14.0. The number of hydrogen-bond acceptors (Lipinski definition) is 11. The van der Waals surface area contributed by atoms with Crippen molar-refractivity contribution in [2.24, 2.45) is 0 Å². The van der Waals surface area contributed by atoms with E-state index in [4.69, 9.17) is 52.1 Å². The number of methoxy groups -OCH3 is 1. The van der Waals surface area contributed by atoms with Crippen molar-refractivity contribution in [3.05, 3.63) is 29.3 Å². The summed E-state index contributed by atoms with van der Waals surface area (Å²) in [7, 11) is 1.65. The van der Waals surface area contributed by atoms with E-state index in [-0.39, 0.29) is 5.41 Å². The fraction of sp³-hybridized carbons (Fsp3) is 0.800. The lowest BCUT2D eigenvalue weighted by molar-refractivity contribution is -0.443. The molecule has 12 heteroatoms. The maximum absolute atomic E-state index is 5.83. The second-order valence-corrected chi connectivity index (χ2v) is 11.5. The van der Waals surface area contributed by atoms with Crippen molar-refractivity contribution in [2.75, 3.05) is 152 Å². The molecular weight excluding hydrogens is 610 g/mol. The van der Waals surface area contributed by atoms with Crippen LogP contribution < -0.4 is 0 Å². The summed E-state index contributed by atoms with van der Waals surface area (Å²) in [5.41, 5.74) is 5.40. The first kappa shape index (κ1) is 41.6. The average molecular weight is 673 g/mol. The Morgan fingerprint density at radius 2 is 0.787 bits per heavy atom. The molecule has 0 aromatic heterocycles. The summed E-state index contributed by atoms with van der Waals surface area (Å²) in [4.78, 5) is 0. The van der Waals surface area contributed by atoms with E-state index in [9.17, 15) is 0 Å². The average Bonchev–Trinajstić information content (AvgIpc) is 3.25. The van der Waals surface area contributed by atoms with Gasteiger partial charge in [-0.05, 0) is 26.8 Å². The van der Waals surface area contributed by atoms with E-state index in [1.54, 1.807) is 7.11 Å². The molecule has 0 amide bonds. The van der Waals surface area contributed by atoms with Crippen LogP contribution in [0.2, 0.25) is 0 Å². The maximum atomic E-state index is 5.83. The van der Waals surface area contributed by atoms with Crippen LogP contribution in [0.5, 0.6) is 0 Å². The Balaban J connectivity index is 1.23. The van der Waals surface area contributed by atoms with Gasteiger partial charge in [0.1, 0.15) is 6.61 Å². The Hall–Kier alpha value is -1.55. The highest BCUT2D eigenvalue weighted by atomic mass is 16.6. The third-order valence-corrected chi connectivity index (χ3v) is 7.66. The molecule has 1 aromatic rings. The first-order valence-electron chi connectivity index (χ1n) is 17.0. The molecule has 12 nitrogen and oxygen atoms in total. The highest BCUT2D eigenvalue weighted by Crippen LogP contribution is 2.39. The molecule has 47 heavy (non-hydrogen) atoms. The second kappa shape index (κ2) is 27.3. The fourth-order valence-electron chi connectivity index (χ4n) is 4.77. The molecule has 0 atom stereocenters. The lowest BCUT2D eigenvalue weighted by atomic mass is 9.82. The van der Waals surface area contributed by atoms with Gasteiger partial charge in [0.25, 0.3) is 0 Å². The molecule has 0 aliphatic carbocycles. The first-order chi connectivity index (χ1) is 23.0. The Morgan fingerprint density at radius 3 is 1.13 bits per heavy atom. The van der Waals surface area contributed by atoms with Gasteiger partial charge in [-0.15, -0.1) is 0 Å². The molecule has 0 N–H and O–H groups in total. The molecule has 0 radical (unpaired) electrons. The van der Waals surface area contributed by atoms with Crippen LogP contribution >= 0.6 is 0 Å². The molecule has 1 heterocycles. The molecule has 272 valence electrons. The van der Waals surface area contributed by atoms with Crippen LogP contribution in [-0.4, -0.2) is 163 Å². The quantitative estimate of drug-likeness (QED) is 0.0813. The minimum atomic E-state index is 0.0472. The standard InChI is InChI=1S/C35H62NO11/c1-31-6-7-34-33(30-31)35(3,4)32(2)36(34)8-9-38-12-13-40-16-17-42-20-21-44-24-25-46-28-29-47-27-26-45-23-22-43-19-18-41-15-14-39-11-10-37-5/h6-7,30H,8-29H2,1-5H3/q+1. The van der Waals surface area contributed by atoms with Gasteiger partial charge >= 0.3 is 0 Å². The van der Waals surface area contributed by atoms with E-state index >= 15 is 0 Å². The van der Waals surface area contributed by atoms with E-state index in [1.807, 2.05) is 0 Å². The molecule has 0 spiro atoms. The third-order valence-electron chi connectivity index (χ3n) is 7.66. The summed E-state index contributed by atoms with van der Waals surface area (Å²) in [6.45, 7) is 21.2. The molecule has 2 rings (SSSR count). The lowest BCUT2D eigenvalue weighted by Crippen LogP contribution is -2.27. The van der Waals surface area contributed by atoms with E-state index < -0.39 is 0 Å². The topological polar surface area (TPSA) is 105 Å². The zero-order chi connectivity index (χ0) is 33.8. The predicted octanol–water partition coefficient (Wildman–Crippen LogP) is 3.20. The van der Waals surface area contributed by atoms with Crippen LogP contribution in [0.4, 0.5) is 5.69 Å². The minimum absolute atomic E-state index is 0.0472. The number of ether oxygens (including phenoxy) is 11. The minimum Gasteiger partial charge on any atom is -0.382 e. The van der Waals surface area contributed by atoms with E-state index in [2.05, 4.69) is 50.5 Å². The van der Waals surface area contributed by atoms with Gasteiger partial charge in [0, 0.05) is 25.7 Å². The highest BCUT2D eigenvalue weighted by Gasteiger charge is 2.42. The zero-order valence-electron chi connectivity index (χ0n) is 29.7. The molecule has 1 aliphatic heterocycles. The van der Waals surface area contributed by atoms with Gasteiger partial charge in [0.15, 0.2) is 12.3 Å². The molecule has 0 saturated carbocycles. The lowest BCUT2D eigenvalue weighted by Gasteiger charge is -2.15. The van der Waals surface area contributed by atoms with Crippen LogP contribution in [0.25, 0.3) is 0 Å². The van der Waals surface area contributed by atoms with Crippen molar-refractivity contribution in [3.8, 4) is 0 Å². The number of nitrogens with zero attached hydrogens (tertiary/aromatic N) is 1. The summed E-state index contributed by atoms with van der Waals surface area (Å²) >= 11 is 0. The van der Waals surface area contributed by atoms with Crippen molar-refractivity contribution in [2.45, 2.75) is 33.1 Å². The Labute approximate surface area is 282 Å². The van der Waals surface area contributed by atoms with E-state index in [1.165, 1.54) is 22.5 Å². The second-order valence-electron chi connectivity index (χ2n) is 11.5. The number of aryl methyl sites for hydroxylation is 1. The van der Waals surface area contributed by atoms with Crippen LogP contribution in [-0.2, 0) is 57.5 Å². The Kier molecular flexibility index (Phi) is 24.2. The SMILES string of the molecule is COCCOCCOCCOCCOCCOCCOCCOCCOCCOCCOCC[N+]1=C(C)C(C)(C)c2cc(C)ccc21. The van der Waals surface area contributed by atoms with Crippen LogP contribution in [0.15, 0.2) is 18.2 Å². The van der Waals surface area contributed by atoms with E-state index in [0.29, 0.717) is 139 Å². The maximum Gasteiger partial charge on any atom is 0.209 e. The number of fused-ring (bicyclic) bond motifs is 1. The van der Waals surface area contributed by atoms with Gasteiger partial charge in [0.05, 0.1) is 138 Å². The van der Waals surface area contributed by atoms with Crippen molar-refractivity contribution in [1.82, 2.24) is 0 Å². The monoisotopic (exact) mass is 672 g/mol. The van der Waals surface area contributed by atoms with Gasteiger partial charge < -0.3 is 52.1 Å². The summed E-state index contributed by atoms with van der Waals surface area (Å²) in [5.74, 6) is 0. The van der Waals surface area contributed by atoms with Crippen LogP contribution in [0.1, 0.15) is 31.9 Å². The smallest absolute Gasteiger partial charge is 0.209 e. The summed E-state index contributed by atoms with van der Waals surface area (Å²) in [5, 5.41) is 0. The first-order valence-corrected chi connectivity index (χ1v) is 17.0. The Bertz CT molecular complexity index is 944. The summed E-state index contributed by atoms with van der Waals surface area (Å²) in [6, 6.07) is 6.71. The third kappa shape index (κ3) is 18.7. The Morgan fingerprint density at radius 1 is 0.468 bits per heavy atom. The summed E-state index contributed by atoms with van der Waals surface area (Å²) < 4.78 is 62.4. The van der Waals surface area contributed by atoms with Crippen molar-refractivity contribution < 1.29 is 56.7 Å². The molecule has 1 aliphatic rings. The van der Waals surface area contributed by atoms with Gasteiger partial charge in [0.2, 0.25) is 5.69 Å². The van der Waals surface area contributed by atoms with Crippen LogP contribution in [0, 0.1) is 6.92 Å². The predicted molar refractivity (Wildman–Crippen MR) is 180 cm³/mol. The van der Waals surface area contributed by atoms with Crippen molar-refractivity contribution in [3.63, 3.8) is 0 Å². The number of rotatable bonds is 33. The van der Waals surface area contributed by atoms with Gasteiger partial charge in [-0.1, -0.05) is 11.6 Å². The largest absolute Gasteiger partial charge is 0.382 e. The molecular formula is C35H62NO11+. The van der Waals surface area contributed by atoms with E-state index in [0.717, 1.165) is 6.54 Å². The fourth-order valence-corrected chi connectivity index (χ4v) is 4.77. The van der Waals surface area contributed by atoms with Crippen LogP contribution in [0.3, 0.4) is 0 Å². The van der Waals surface area contributed by atoms with Crippen molar-refractivity contribution in [1.29, 1.82) is 0 Å².